The number of carbonyl (C=O) groups excluding carboxylic acids is 1. The third kappa shape index (κ3) is 50.8. The Hall–Kier alpha value is -0.440. The highest BCUT2D eigenvalue weighted by Gasteiger charge is 1.89. The van der Waals surface area contributed by atoms with E-state index in [0.717, 1.165) is 6.54 Å². The summed E-state index contributed by atoms with van der Waals surface area (Å²) in [6, 6.07) is 0. The Morgan fingerprint density at radius 1 is 1.38 bits per heavy atom. The molecule has 0 radical (unpaired) electrons. The first-order valence-corrected chi connectivity index (χ1v) is 4.53. The fraction of sp³-hybridized carbons (Fsp3) is 0.800. The zero-order valence-corrected chi connectivity index (χ0v) is 8.07. The van der Waals surface area contributed by atoms with Crippen LogP contribution < -0.4 is 24.0 Å². The van der Waals surface area contributed by atoms with Gasteiger partial charge in [-0.3, -0.25) is 4.79 Å². The first-order chi connectivity index (χ1) is 5.77. The first kappa shape index (κ1) is 15.1. The van der Waals surface area contributed by atoms with Crippen molar-refractivity contribution in [3.8, 4) is 0 Å². The van der Waals surface area contributed by atoms with Crippen LogP contribution in [0.4, 0.5) is 0 Å². The normalized spacial score (nSPS) is 10.0. The van der Waals surface area contributed by atoms with Gasteiger partial charge in [-0.15, -0.1) is 10.2 Å². The predicted molar refractivity (Wildman–Crippen MR) is 29.3 cm³/mol. The summed E-state index contributed by atoms with van der Waals surface area (Å²) in [7, 11) is -3.01. The van der Waals surface area contributed by atoms with E-state index in [-0.39, 0.29) is 5.97 Å². The van der Waals surface area contributed by atoms with Gasteiger partial charge in [-0.05, 0) is 0 Å². The van der Waals surface area contributed by atoms with Gasteiger partial charge >= 0.3 is 5.97 Å². The molecule has 0 saturated carbocycles. The summed E-state index contributed by atoms with van der Waals surface area (Å²) in [6.07, 6.45) is 0. The van der Waals surface area contributed by atoms with Gasteiger partial charge in [0.1, 0.15) is 13.2 Å². The van der Waals surface area contributed by atoms with Crippen LogP contribution in [-0.4, -0.2) is 26.2 Å². The highest BCUT2D eigenvalue weighted by Crippen LogP contribution is 1.69. The van der Waals surface area contributed by atoms with Crippen LogP contribution in [0.2, 0.25) is 0 Å². The van der Waals surface area contributed by atoms with Crippen molar-refractivity contribution in [1.29, 1.82) is 0 Å². The molecule has 0 aliphatic carbocycles. The number of carbonyl (C=O) groups is 1. The van der Waals surface area contributed by atoms with E-state index in [4.69, 9.17) is 18.6 Å². The second-order valence-corrected chi connectivity index (χ2v) is 2.67. The number of ether oxygens (including phenoxy) is 1. The Bertz CT molecular complexity index is 129. The summed E-state index contributed by atoms with van der Waals surface area (Å²) < 4.78 is 38.6. The van der Waals surface area contributed by atoms with Gasteiger partial charge in [0.25, 0.3) is 0 Å². The van der Waals surface area contributed by atoms with Crippen LogP contribution in [0.25, 0.3) is 0 Å². The van der Waals surface area contributed by atoms with Gasteiger partial charge in [-0.1, -0.05) is 0 Å². The molecule has 0 fully saturated rings. The van der Waals surface area contributed by atoms with Crippen LogP contribution in [0.5, 0.6) is 0 Å². The zero-order valence-electron chi connectivity index (χ0n) is 7.32. The molecule has 0 amide bonds. The molecule has 8 heteroatoms. The fourth-order valence-electron chi connectivity index (χ4n) is 0.321. The summed E-state index contributed by atoms with van der Waals surface area (Å²) >= 11 is 0. The maximum Gasteiger partial charge on any atom is 0.302 e. The van der Waals surface area contributed by atoms with Crippen molar-refractivity contribution in [3.63, 3.8) is 0 Å². The molecule has 7 nitrogen and oxygen atoms in total. The van der Waals surface area contributed by atoms with Crippen molar-refractivity contribution in [2.75, 3.05) is 20.2 Å². The number of hydrogen-bond donors (Lipinski definition) is 1. The molecule has 0 aromatic carbocycles. The Kier molecular flexibility index (Phi) is 9.46. The molecule has 13 heavy (non-hydrogen) atoms. The summed E-state index contributed by atoms with van der Waals surface area (Å²) in [6.45, 7) is 2.78. The smallest absolute Gasteiger partial charge is 0.302 e. The fourth-order valence-corrected chi connectivity index (χ4v) is 0.321. The standard InChI is InChI=1S/C5H11NO2.ClHO4/c1-5(7)8-4-3-6-2;2-1(3,4)5/h6H,3-4H2,1-2H3;(H,2,3,4,5). The van der Waals surface area contributed by atoms with Gasteiger partial charge in [-0.25, -0.2) is 18.6 Å². The van der Waals surface area contributed by atoms with E-state index in [1.165, 1.54) is 6.92 Å². The molecular weight excluding hydrogens is 206 g/mol. The number of halogens is 1. The van der Waals surface area contributed by atoms with Gasteiger partial charge in [0.15, 0.2) is 0 Å². The highest BCUT2D eigenvalue weighted by molar-refractivity contribution is 5.65. The lowest BCUT2D eigenvalue weighted by Gasteiger charge is -2.17. The topological polar surface area (TPSA) is 135 Å². The van der Waals surface area contributed by atoms with Crippen molar-refractivity contribution in [3.05, 3.63) is 0 Å². The third-order valence-corrected chi connectivity index (χ3v) is 0.712. The van der Waals surface area contributed by atoms with Gasteiger partial charge in [0, 0.05) is 6.92 Å². The van der Waals surface area contributed by atoms with Crippen molar-refractivity contribution in [1.82, 2.24) is 0 Å². The molecule has 2 N–H and O–H groups in total. The Labute approximate surface area is 77.7 Å². The molecule has 0 aliphatic rings. The van der Waals surface area contributed by atoms with E-state index >= 15 is 0 Å². The van der Waals surface area contributed by atoms with Crippen molar-refractivity contribution < 1.29 is 43.7 Å². The number of hydrogen-bond acceptors (Lipinski definition) is 6. The van der Waals surface area contributed by atoms with Gasteiger partial charge in [0.2, 0.25) is 0 Å². The second kappa shape index (κ2) is 8.17. The van der Waals surface area contributed by atoms with E-state index in [1.807, 2.05) is 12.4 Å². The van der Waals surface area contributed by atoms with E-state index in [9.17, 15) is 4.79 Å². The highest BCUT2D eigenvalue weighted by atomic mass is 35.7. The number of esters is 1. The van der Waals surface area contributed by atoms with E-state index in [1.54, 1.807) is 0 Å². The third-order valence-electron chi connectivity index (χ3n) is 0.712. The van der Waals surface area contributed by atoms with Crippen molar-refractivity contribution in [2.24, 2.45) is 0 Å². The predicted octanol–water partition coefficient (Wildman–Crippen LogP) is -6.01. The van der Waals surface area contributed by atoms with E-state index in [2.05, 4.69) is 4.74 Å². The SMILES string of the molecule is C[NH2+]CCOC(C)=O.[O-][Cl+3]([O-])([O-])[O-]. The quantitative estimate of drug-likeness (QED) is 0.369. The number of rotatable bonds is 3. The molecule has 0 atom stereocenters. The monoisotopic (exact) mass is 217 g/mol. The van der Waals surface area contributed by atoms with Crippen LogP contribution in [0.3, 0.4) is 0 Å². The molecular formula is C5H12ClNO6. The lowest BCUT2D eigenvalue weighted by Crippen LogP contribution is -2.80. The van der Waals surface area contributed by atoms with Crippen LogP contribution in [0, 0.1) is 10.2 Å². The molecule has 0 saturated heterocycles. The maximum atomic E-state index is 10.1. The minimum Gasteiger partial charge on any atom is -0.460 e. The lowest BCUT2D eigenvalue weighted by molar-refractivity contribution is -2.00. The van der Waals surface area contributed by atoms with E-state index in [0.29, 0.717) is 6.61 Å². The number of quaternary nitrogens is 1. The van der Waals surface area contributed by atoms with Gasteiger partial charge < -0.3 is 10.1 Å². The number of likely N-dealkylation sites (N-methyl/N-ethyl adjacent to an activating group) is 1. The summed E-state index contributed by atoms with van der Waals surface area (Å²) in [5.74, 6) is -0.202. The largest absolute Gasteiger partial charge is 0.460 e. The Morgan fingerprint density at radius 3 is 2.00 bits per heavy atom. The molecule has 0 spiro atoms. The van der Waals surface area contributed by atoms with Crippen LogP contribution >= 0.6 is 0 Å². The van der Waals surface area contributed by atoms with Gasteiger partial charge in [-0.2, -0.15) is 0 Å². The van der Waals surface area contributed by atoms with Gasteiger partial charge in [0.05, 0.1) is 7.05 Å². The summed E-state index contributed by atoms with van der Waals surface area (Å²) in [5, 5.41) is 1.96. The molecule has 0 rings (SSSR count). The van der Waals surface area contributed by atoms with Crippen molar-refractivity contribution in [2.45, 2.75) is 6.92 Å². The average molecular weight is 218 g/mol. The van der Waals surface area contributed by atoms with Crippen LogP contribution in [0.15, 0.2) is 0 Å². The number of nitrogens with two attached hydrogens (primary N) is 1. The van der Waals surface area contributed by atoms with E-state index < -0.39 is 10.2 Å². The Balaban J connectivity index is 0. The first-order valence-electron chi connectivity index (χ1n) is 3.30. The maximum absolute atomic E-state index is 10.1. The Morgan fingerprint density at radius 2 is 1.77 bits per heavy atom. The summed E-state index contributed by atoms with van der Waals surface area (Å²) in [5.41, 5.74) is 0. The van der Waals surface area contributed by atoms with Crippen LogP contribution in [-0.2, 0) is 9.53 Å². The molecule has 0 aliphatic heterocycles. The molecule has 80 valence electrons. The minimum absolute atomic E-state index is 0.202. The van der Waals surface area contributed by atoms with Crippen molar-refractivity contribution >= 4 is 5.97 Å². The second-order valence-electron chi connectivity index (χ2n) is 1.91. The molecule has 0 bridgehead atoms. The minimum atomic E-state index is -4.94. The average Bonchev–Trinajstić information content (AvgIpc) is 1.83. The summed E-state index contributed by atoms with van der Waals surface area (Å²) in [4.78, 5) is 10.1. The molecule has 0 unspecified atom stereocenters. The molecule has 0 heterocycles. The molecule has 0 aromatic heterocycles. The molecule has 0 aromatic rings. The van der Waals surface area contributed by atoms with Crippen LogP contribution in [0.1, 0.15) is 6.92 Å². The zero-order chi connectivity index (χ0) is 10.9. The lowest BCUT2D eigenvalue weighted by atomic mass is 10.7.